The summed E-state index contributed by atoms with van der Waals surface area (Å²) in [4.78, 5) is 4.57. The van der Waals surface area contributed by atoms with E-state index in [1.807, 2.05) is 25.6 Å². The number of aryl methyl sites for hydroxylation is 2. The largest absolute Gasteiger partial charge is 0.334 e. The monoisotopic (exact) mass is 386 g/mol. The second-order valence-electron chi connectivity index (χ2n) is 7.23. The molecule has 1 fully saturated rings. The van der Waals surface area contributed by atoms with Crippen molar-refractivity contribution >= 4 is 28.0 Å². The van der Waals surface area contributed by atoms with E-state index in [0.29, 0.717) is 11.9 Å². The summed E-state index contributed by atoms with van der Waals surface area (Å²) in [5.74, 6) is 0.958. The maximum absolute atomic E-state index is 7.02. The Balaban J connectivity index is 1.65. The van der Waals surface area contributed by atoms with E-state index in [1.165, 1.54) is 30.6 Å². The summed E-state index contributed by atoms with van der Waals surface area (Å²) in [6.45, 7) is 2.07. The van der Waals surface area contributed by atoms with Crippen molar-refractivity contribution in [1.82, 2.24) is 25.3 Å². The van der Waals surface area contributed by atoms with Crippen LogP contribution < -0.4 is 16.4 Å². The number of nitrogens with two attached hydrogens (primary N) is 1. The topological polar surface area (TPSA) is 106 Å². The highest BCUT2D eigenvalue weighted by Crippen LogP contribution is 2.39. The minimum Gasteiger partial charge on any atom is -0.334 e. The first-order valence-electron chi connectivity index (χ1n) is 9.52. The molecule has 1 saturated carbocycles. The Morgan fingerprint density at radius 3 is 2.81 bits per heavy atom. The number of anilines is 1. The fourth-order valence-electron chi connectivity index (χ4n) is 3.90. The number of aromatic nitrogens is 4. The second kappa shape index (κ2) is 7.40. The number of nitrogens with one attached hydrogen (secondary N) is 2. The van der Waals surface area contributed by atoms with Crippen molar-refractivity contribution in [2.24, 2.45) is 23.7 Å². The van der Waals surface area contributed by atoms with E-state index in [-0.39, 0.29) is 0 Å². The van der Waals surface area contributed by atoms with Gasteiger partial charge in [0.05, 0.1) is 6.20 Å². The summed E-state index contributed by atoms with van der Waals surface area (Å²) in [7, 11) is 1.91. The Hall–Kier alpha value is -2.26. The van der Waals surface area contributed by atoms with Gasteiger partial charge in [0, 0.05) is 30.6 Å². The van der Waals surface area contributed by atoms with Gasteiger partial charge in [-0.05, 0) is 25.2 Å². The summed E-state index contributed by atoms with van der Waals surface area (Å²) < 4.78 is 1.79. The number of nitrogens with zero attached hydrogens (tertiary/aromatic N) is 5. The van der Waals surface area contributed by atoms with Gasteiger partial charge in [-0.15, -0.1) is 10.2 Å². The van der Waals surface area contributed by atoms with Gasteiger partial charge in [-0.1, -0.05) is 37.5 Å². The molecule has 8 nitrogen and oxygen atoms in total. The van der Waals surface area contributed by atoms with Gasteiger partial charge in [0.15, 0.2) is 0 Å². The van der Waals surface area contributed by atoms with Gasteiger partial charge in [0.25, 0.3) is 0 Å². The molecular formula is C18H26N8S. The molecule has 2 aromatic rings. The van der Waals surface area contributed by atoms with E-state index in [0.717, 1.165) is 40.5 Å². The summed E-state index contributed by atoms with van der Waals surface area (Å²) >= 11 is 1.53. The first-order valence-corrected chi connectivity index (χ1v) is 10.3. The molecular weight excluding hydrogens is 360 g/mol. The van der Waals surface area contributed by atoms with Crippen LogP contribution in [0, 0.1) is 5.92 Å². The first-order chi connectivity index (χ1) is 13.1. The van der Waals surface area contributed by atoms with Crippen LogP contribution in [0.15, 0.2) is 23.6 Å². The third-order valence-corrected chi connectivity index (χ3v) is 6.34. The maximum Gasteiger partial charge on any atom is 0.212 e. The van der Waals surface area contributed by atoms with Crippen LogP contribution in [0.2, 0.25) is 0 Å². The van der Waals surface area contributed by atoms with E-state index in [9.17, 15) is 0 Å². The van der Waals surface area contributed by atoms with E-state index < -0.39 is 5.66 Å². The molecule has 2 aliphatic rings. The van der Waals surface area contributed by atoms with Gasteiger partial charge in [0.1, 0.15) is 10.7 Å². The van der Waals surface area contributed by atoms with Crippen LogP contribution >= 0.6 is 11.3 Å². The lowest BCUT2D eigenvalue weighted by Crippen LogP contribution is -2.64. The summed E-state index contributed by atoms with van der Waals surface area (Å²) in [5.41, 5.74) is 8.33. The van der Waals surface area contributed by atoms with Crippen molar-refractivity contribution in [3.05, 3.63) is 29.2 Å². The van der Waals surface area contributed by atoms with Crippen LogP contribution in [-0.4, -0.2) is 31.6 Å². The lowest BCUT2D eigenvalue weighted by molar-refractivity contribution is 0.240. The highest BCUT2D eigenvalue weighted by atomic mass is 32.1. The number of hydrogen-bond acceptors (Lipinski definition) is 8. The predicted molar refractivity (Wildman–Crippen MR) is 108 cm³/mol. The zero-order chi connectivity index (χ0) is 18.9. The Bertz CT molecular complexity index is 860. The van der Waals surface area contributed by atoms with Crippen molar-refractivity contribution < 1.29 is 0 Å². The molecule has 2 aromatic heterocycles. The van der Waals surface area contributed by atoms with Crippen LogP contribution in [0.3, 0.4) is 0 Å². The number of hydrogen-bond donors (Lipinski definition) is 3. The molecule has 0 bridgehead atoms. The zero-order valence-corrected chi connectivity index (χ0v) is 16.6. The van der Waals surface area contributed by atoms with E-state index in [4.69, 9.17) is 5.73 Å². The van der Waals surface area contributed by atoms with Crippen molar-refractivity contribution in [2.75, 3.05) is 5.32 Å². The average molecular weight is 387 g/mol. The molecule has 0 spiro atoms. The standard InChI is InChI=1S/C18H26N8S/c1-3-15-24-25-17(27-15)22-16-20-10-14(12-9-21-26(2)11-12)18(19,23-16)13-7-5-4-6-8-13/h9-11,13H,3-8,19H2,1-2H3,(H2,20,22,23,25). The molecule has 1 aliphatic heterocycles. The molecule has 27 heavy (non-hydrogen) atoms. The highest BCUT2D eigenvalue weighted by Gasteiger charge is 2.42. The van der Waals surface area contributed by atoms with Crippen LogP contribution in [0.5, 0.6) is 0 Å². The molecule has 0 amide bonds. The highest BCUT2D eigenvalue weighted by molar-refractivity contribution is 7.15. The Kier molecular flexibility index (Phi) is 4.96. The number of rotatable bonds is 4. The summed E-state index contributed by atoms with van der Waals surface area (Å²) in [6, 6.07) is 0. The average Bonchev–Trinajstić information content (AvgIpc) is 3.31. The molecule has 1 unspecified atom stereocenters. The quantitative estimate of drug-likeness (QED) is 0.745. The fourth-order valence-corrected chi connectivity index (χ4v) is 4.58. The van der Waals surface area contributed by atoms with Crippen molar-refractivity contribution in [1.29, 1.82) is 0 Å². The van der Waals surface area contributed by atoms with E-state index >= 15 is 0 Å². The molecule has 4 N–H and O–H groups in total. The summed E-state index contributed by atoms with van der Waals surface area (Å²) in [5, 5.41) is 21.1. The molecule has 0 aromatic carbocycles. The van der Waals surface area contributed by atoms with Crippen LogP contribution in [0.4, 0.5) is 5.13 Å². The molecule has 0 radical (unpaired) electrons. The Morgan fingerprint density at radius 1 is 1.33 bits per heavy atom. The Morgan fingerprint density at radius 2 is 2.15 bits per heavy atom. The number of guanidine groups is 1. The van der Waals surface area contributed by atoms with Gasteiger partial charge in [-0.25, -0.2) is 4.99 Å². The molecule has 3 heterocycles. The molecule has 9 heteroatoms. The maximum atomic E-state index is 7.02. The van der Waals surface area contributed by atoms with Crippen LogP contribution in [0.1, 0.15) is 49.6 Å². The van der Waals surface area contributed by atoms with Gasteiger partial charge in [-0.3, -0.25) is 4.68 Å². The minimum absolute atomic E-state index is 0.339. The van der Waals surface area contributed by atoms with Gasteiger partial charge in [-0.2, -0.15) is 5.10 Å². The first kappa shape index (κ1) is 18.1. The fraction of sp³-hybridized carbons (Fsp3) is 0.556. The van der Waals surface area contributed by atoms with Crippen LogP contribution in [-0.2, 0) is 13.5 Å². The summed E-state index contributed by atoms with van der Waals surface area (Å²) in [6.07, 6.45) is 12.5. The third-order valence-electron chi connectivity index (χ3n) is 5.35. The molecule has 144 valence electrons. The predicted octanol–water partition coefficient (Wildman–Crippen LogP) is 2.48. The molecule has 4 rings (SSSR count). The van der Waals surface area contributed by atoms with Crippen molar-refractivity contribution in [2.45, 2.75) is 51.1 Å². The smallest absolute Gasteiger partial charge is 0.212 e. The van der Waals surface area contributed by atoms with Crippen molar-refractivity contribution in [3.63, 3.8) is 0 Å². The van der Waals surface area contributed by atoms with Gasteiger partial charge < -0.3 is 16.4 Å². The van der Waals surface area contributed by atoms with Gasteiger partial charge >= 0.3 is 0 Å². The van der Waals surface area contributed by atoms with E-state index in [2.05, 4.69) is 37.8 Å². The number of aliphatic imine (C=N–C) groups is 1. The minimum atomic E-state index is -0.689. The molecule has 1 aliphatic carbocycles. The Labute approximate surface area is 163 Å². The van der Waals surface area contributed by atoms with Gasteiger partial charge in [0.2, 0.25) is 11.1 Å². The molecule has 0 saturated heterocycles. The lowest BCUT2D eigenvalue weighted by Gasteiger charge is -2.43. The normalized spacial score (nSPS) is 23.5. The SMILES string of the molecule is CCc1nnc(NC2=NC=C(c3cnn(C)c3)C(N)(C3CCCCC3)N2)s1. The third kappa shape index (κ3) is 3.61. The molecule has 1 atom stereocenters. The van der Waals surface area contributed by atoms with E-state index in [1.54, 1.807) is 4.68 Å². The zero-order valence-electron chi connectivity index (χ0n) is 15.8. The van der Waals surface area contributed by atoms with Crippen LogP contribution in [0.25, 0.3) is 5.57 Å². The second-order valence-corrected chi connectivity index (χ2v) is 8.29. The lowest BCUT2D eigenvalue weighted by atomic mass is 9.75. The van der Waals surface area contributed by atoms with Crippen molar-refractivity contribution in [3.8, 4) is 0 Å².